The molecule has 0 radical (unpaired) electrons. The van der Waals surface area contributed by atoms with Gasteiger partial charge < -0.3 is 20.8 Å². The minimum atomic E-state index is -0.528. The molecule has 1 atom stereocenters. The highest BCUT2D eigenvalue weighted by Crippen LogP contribution is 2.24. The summed E-state index contributed by atoms with van der Waals surface area (Å²) in [5.41, 5.74) is 11.0. The van der Waals surface area contributed by atoms with Crippen molar-refractivity contribution < 1.29 is 9.53 Å². The number of rotatable bonds is 3. The molecule has 1 fully saturated rings. The quantitative estimate of drug-likeness (QED) is 0.797. The van der Waals surface area contributed by atoms with Gasteiger partial charge in [-0.25, -0.2) is 0 Å². The standard InChI is InChI=1S/C9H13N3O2S2/c10-7-6(8(11)13)16-9(15)12(7)4-5-2-1-3-14-5/h5H,1-4,10H2,(H2,11,13)/t5-/m1/s1. The van der Waals surface area contributed by atoms with Crippen molar-refractivity contribution in [2.24, 2.45) is 5.73 Å². The van der Waals surface area contributed by atoms with E-state index in [-0.39, 0.29) is 6.10 Å². The number of anilines is 1. The first-order valence-electron chi connectivity index (χ1n) is 5.00. The first-order chi connectivity index (χ1) is 7.59. The molecule has 1 amide bonds. The Labute approximate surface area is 102 Å². The molecule has 2 rings (SSSR count). The fraction of sp³-hybridized carbons (Fsp3) is 0.556. The number of amides is 1. The van der Waals surface area contributed by atoms with Crippen LogP contribution in [0.2, 0.25) is 0 Å². The predicted molar refractivity (Wildman–Crippen MR) is 65.0 cm³/mol. The molecule has 1 aromatic heterocycles. The summed E-state index contributed by atoms with van der Waals surface area (Å²) in [5, 5.41) is 0. The van der Waals surface area contributed by atoms with E-state index in [4.69, 9.17) is 28.4 Å². The van der Waals surface area contributed by atoms with E-state index in [0.29, 0.717) is 21.2 Å². The summed E-state index contributed by atoms with van der Waals surface area (Å²) < 4.78 is 7.81. The number of aromatic nitrogens is 1. The number of nitrogens with two attached hydrogens (primary N) is 2. The van der Waals surface area contributed by atoms with Crippen molar-refractivity contribution >= 4 is 35.3 Å². The van der Waals surface area contributed by atoms with Gasteiger partial charge in [0.25, 0.3) is 5.91 Å². The summed E-state index contributed by atoms with van der Waals surface area (Å²) in [4.78, 5) is 11.4. The van der Waals surface area contributed by atoms with Gasteiger partial charge in [-0.15, -0.1) is 0 Å². The van der Waals surface area contributed by atoms with Crippen LogP contribution in [0.5, 0.6) is 0 Å². The SMILES string of the molecule is NC(=O)c1sc(=S)n(C[C@H]2CCCO2)c1N. The minimum absolute atomic E-state index is 0.143. The zero-order valence-electron chi connectivity index (χ0n) is 8.64. The van der Waals surface area contributed by atoms with Gasteiger partial charge in [-0.05, 0) is 25.1 Å². The third-order valence-corrected chi connectivity index (χ3v) is 4.05. The van der Waals surface area contributed by atoms with E-state index in [2.05, 4.69) is 0 Å². The smallest absolute Gasteiger partial charge is 0.262 e. The molecule has 7 heteroatoms. The van der Waals surface area contributed by atoms with E-state index in [0.717, 1.165) is 30.8 Å². The second-order valence-electron chi connectivity index (χ2n) is 3.69. The Kier molecular flexibility index (Phi) is 3.27. The van der Waals surface area contributed by atoms with Crippen molar-refractivity contribution in [3.8, 4) is 0 Å². The van der Waals surface area contributed by atoms with Crippen LogP contribution in [-0.2, 0) is 11.3 Å². The maximum absolute atomic E-state index is 11.1. The van der Waals surface area contributed by atoms with Crippen LogP contribution in [0.4, 0.5) is 5.82 Å². The zero-order chi connectivity index (χ0) is 11.7. The number of ether oxygens (including phenoxy) is 1. The lowest BCUT2D eigenvalue weighted by molar-refractivity contribution is 0.0967. The maximum Gasteiger partial charge on any atom is 0.262 e. The first-order valence-corrected chi connectivity index (χ1v) is 6.22. The highest BCUT2D eigenvalue weighted by molar-refractivity contribution is 7.73. The third kappa shape index (κ3) is 2.11. The lowest BCUT2D eigenvalue weighted by atomic mass is 10.2. The van der Waals surface area contributed by atoms with Crippen LogP contribution >= 0.6 is 23.6 Å². The molecule has 1 aliphatic heterocycles. The van der Waals surface area contributed by atoms with Crippen LogP contribution in [0, 0.1) is 3.95 Å². The second kappa shape index (κ2) is 4.52. The fourth-order valence-corrected chi connectivity index (χ4v) is 2.95. The van der Waals surface area contributed by atoms with Gasteiger partial charge in [0.2, 0.25) is 0 Å². The van der Waals surface area contributed by atoms with E-state index >= 15 is 0 Å². The summed E-state index contributed by atoms with van der Waals surface area (Å²) in [5.74, 6) is -0.169. The van der Waals surface area contributed by atoms with E-state index in [9.17, 15) is 4.79 Å². The van der Waals surface area contributed by atoms with Crippen LogP contribution in [-0.4, -0.2) is 23.2 Å². The van der Waals surface area contributed by atoms with Gasteiger partial charge in [0.1, 0.15) is 10.7 Å². The topological polar surface area (TPSA) is 83.3 Å². The molecule has 0 saturated carbocycles. The van der Waals surface area contributed by atoms with Gasteiger partial charge in [-0.3, -0.25) is 4.79 Å². The molecule has 5 nitrogen and oxygen atoms in total. The van der Waals surface area contributed by atoms with Gasteiger partial charge in [0.05, 0.1) is 12.6 Å². The number of hydrogen-bond donors (Lipinski definition) is 2. The molecule has 1 aliphatic rings. The molecule has 88 valence electrons. The average molecular weight is 259 g/mol. The Balaban J connectivity index is 2.26. The van der Waals surface area contributed by atoms with Crippen molar-refractivity contribution in [3.63, 3.8) is 0 Å². The molecule has 0 aliphatic carbocycles. The monoisotopic (exact) mass is 259 g/mol. The van der Waals surface area contributed by atoms with Crippen molar-refractivity contribution in [1.82, 2.24) is 4.57 Å². The van der Waals surface area contributed by atoms with E-state index < -0.39 is 5.91 Å². The van der Waals surface area contributed by atoms with Gasteiger partial charge in [0, 0.05) is 6.61 Å². The average Bonchev–Trinajstić information content (AvgIpc) is 2.81. The Morgan fingerprint density at radius 1 is 1.69 bits per heavy atom. The van der Waals surface area contributed by atoms with Gasteiger partial charge in [-0.1, -0.05) is 11.3 Å². The van der Waals surface area contributed by atoms with Crippen molar-refractivity contribution in [2.45, 2.75) is 25.5 Å². The second-order valence-corrected chi connectivity index (χ2v) is 5.34. The highest BCUT2D eigenvalue weighted by atomic mass is 32.1. The Bertz CT molecular complexity index is 460. The number of hydrogen-bond acceptors (Lipinski definition) is 5. The van der Waals surface area contributed by atoms with E-state index in [1.807, 2.05) is 0 Å². The van der Waals surface area contributed by atoms with Crippen LogP contribution in [0.1, 0.15) is 22.5 Å². The molecule has 0 spiro atoms. The third-order valence-electron chi connectivity index (χ3n) is 2.57. The number of carbonyl (C=O) groups is 1. The molecule has 1 aromatic rings. The molecule has 1 saturated heterocycles. The zero-order valence-corrected chi connectivity index (χ0v) is 10.3. The lowest BCUT2D eigenvalue weighted by Gasteiger charge is -2.11. The Morgan fingerprint density at radius 3 is 2.94 bits per heavy atom. The van der Waals surface area contributed by atoms with E-state index in [1.54, 1.807) is 4.57 Å². The Hall–Kier alpha value is -0.920. The van der Waals surface area contributed by atoms with Crippen LogP contribution < -0.4 is 11.5 Å². The number of carbonyl (C=O) groups excluding carboxylic acids is 1. The summed E-state index contributed by atoms with van der Waals surface area (Å²) in [6.45, 7) is 1.39. The van der Waals surface area contributed by atoms with Crippen molar-refractivity contribution in [3.05, 3.63) is 8.83 Å². The Morgan fingerprint density at radius 2 is 2.44 bits per heavy atom. The highest BCUT2D eigenvalue weighted by Gasteiger charge is 2.20. The van der Waals surface area contributed by atoms with Crippen LogP contribution in [0.15, 0.2) is 0 Å². The van der Waals surface area contributed by atoms with E-state index in [1.165, 1.54) is 0 Å². The molecule has 2 heterocycles. The molecule has 0 unspecified atom stereocenters. The summed E-state index contributed by atoms with van der Waals surface area (Å²) in [6.07, 6.45) is 2.21. The van der Waals surface area contributed by atoms with Crippen LogP contribution in [0.25, 0.3) is 0 Å². The first kappa shape index (κ1) is 11.6. The minimum Gasteiger partial charge on any atom is -0.384 e. The molecular formula is C9H13N3O2S2. The normalized spacial score (nSPS) is 20.1. The van der Waals surface area contributed by atoms with Crippen molar-refractivity contribution in [1.29, 1.82) is 0 Å². The maximum atomic E-state index is 11.1. The summed E-state index contributed by atoms with van der Waals surface area (Å²) in [6, 6.07) is 0. The van der Waals surface area contributed by atoms with Crippen molar-refractivity contribution in [2.75, 3.05) is 12.3 Å². The molecular weight excluding hydrogens is 246 g/mol. The number of primary amides is 1. The van der Waals surface area contributed by atoms with Gasteiger partial charge in [-0.2, -0.15) is 0 Å². The largest absolute Gasteiger partial charge is 0.384 e. The van der Waals surface area contributed by atoms with Crippen LogP contribution in [0.3, 0.4) is 0 Å². The summed E-state index contributed by atoms with van der Waals surface area (Å²) in [7, 11) is 0. The number of thiazole rings is 1. The number of nitrogens with zero attached hydrogens (tertiary/aromatic N) is 1. The summed E-state index contributed by atoms with van der Waals surface area (Å²) >= 11 is 6.31. The lowest BCUT2D eigenvalue weighted by Crippen LogP contribution is -2.18. The fourth-order valence-electron chi connectivity index (χ4n) is 1.76. The predicted octanol–water partition coefficient (Wildman–Crippen LogP) is 1.14. The van der Waals surface area contributed by atoms with Gasteiger partial charge in [0.15, 0.2) is 3.95 Å². The molecule has 0 aromatic carbocycles. The molecule has 4 N–H and O–H groups in total. The molecule has 0 bridgehead atoms. The number of nitrogen functional groups attached to an aromatic ring is 1. The molecule has 16 heavy (non-hydrogen) atoms. The van der Waals surface area contributed by atoms with Gasteiger partial charge >= 0.3 is 0 Å².